The average Bonchev–Trinajstić information content (AvgIpc) is 3.37. The van der Waals surface area contributed by atoms with E-state index in [-0.39, 0.29) is 10.6 Å². The van der Waals surface area contributed by atoms with Crippen molar-refractivity contribution in [1.29, 1.82) is 5.26 Å². The molecule has 0 aliphatic carbocycles. The van der Waals surface area contributed by atoms with Gasteiger partial charge in [-0.3, -0.25) is 0 Å². The fourth-order valence-electron chi connectivity index (χ4n) is 2.97. The van der Waals surface area contributed by atoms with E-state index in [1.54, 1.807) is 49.6 Å². The molecule has 8 heteroatoms. The molecule has 0 amide bonds. The summed E-state index contributed by atoms with van der Waals surface area (Å²) < 4.78 is 11.0. The number of fused-ring (bicyclic) bond motifs is 1. The second-order valence-corrected chi connectivity index (χ2v) is 6.75. The van der Waals surface area contributed by atoms with Gasteiger partial charge in [0.25, 0.3) is 0 Å². The molecule has 2 N–H and O–H groups in total. The number of aromatic nitrogens is 2. The number of hydrogen-bond acceptors (Lipinski definition) is 5. The molecule has 0 saturated heterocycles. The number of rotatable bonds is 5. The lowest BCUT2D eigenvalue weighted by Crippen LogP contribution is -1.96. The van der Waals surface area contributed by atoms with Crippen LogP contribution in [-0.4, -0.2) is 28.2 Å². The van der Waals surface area contributed by atoms with Crippen molar-refractivity contribution in [3.8, 4) is 23.1 Å². The maximum absolute atomic E-state index is 11.1. The Morgan fingerprint density at radius 2 is 2.10 bits per heavy atom. The summed E-state index contributed by atoms with van der Waals surface area (Å²) in [6, 6.07) is 15.5. The lowest BCUT2D eigenvalue weighted by atomic mass is 10.1. The highest BCUT2D eigenvalue weighted by Crippen LogP contribution is 2.29. The fourth-order valence-corrected chi connectivity index (χ4v) is 3.23. The van der Waals surface area contributed by atoms with Crippen LogP contribution in [0.5, 0.6) is 5.75 Å². The molecule has 0 aliphatic heterocycles. The number of allylic oxidation sites excluding steroid dienone is 1. The van der Waals surface area contributed by atoms with E-state index < -0.39 is 5.97 Å². The summed E-state index contributed by atoms with van der Waals surface area (Å²) in [6.07, 6.45) is 1.58. The van der Waals surface area contributed by atoms with E-state index in [0.29, 0.717) is 39.7 Å². The topological polar surface area (TPSA) is 112 Å². The molecule has 0 unspecified atom stereocenters. The molecule has 0 radical (unpaired) electrons. The molecule has 0 saturated carbocycles. The molecule has 0 spiro atoms. The number of methoxy groups -OCH3 is 1. The molecule has 4 rings (SSSR count). The normalized spacial score (nSPS) is 11.4. The monoisotopic (exact) mass is 419 g/mol. The Bertz CT molecular complexity index is 1340. The van der Waals surface area contributed by atoms with Crippen LogP contribution in [0.2, 0.25) is 5.02 Å². The maximum atomic E-state index is 11.1. The standard InChI is InChI=1S/C22H14ClN3O4/c1-29-14-3-6-18-19(10-14)26-21(25-18)13(11-24)8-15-4-7-20(30-15)12-2-5-16(22(27)28)17(23)9-12/h2-10H,1H3,(H,25,26)(H,27,28)/b13-8+. The number of carbonyl (C=O) groups is 1. The van der Waals surface area contributed by atoms with Gasteiger partial charge in [-0.25, -0.2) is 9.78 Å². The number of aromatic carboxylic acids is 1. The summed E-state index contributed by atoms with van der Waals surface area (Å²) in [4.78, 5) is 18.7. The van der Waals surface area contributed by atoms with Crippen LogP contribution in [0.25, 0.3) is 34.0 Å². The van der Waals surface area contributed by atoms with Gasteiger partial charge in [-0.1, -0.05) is 17.7 Å². The van der Waals surface area contributed by atoms with Crippen molar-refractivity contribution < 1.29 is 19.1 Å². The minimum Gasteiger partial charge on any atom is -0.497 e. The first-order valence-corrected chi connectivity index (χ1v) is 9.15. The molecule has 0 fully saturated rings. The van der Waals surface area contributed by atoms with Crippen molar-refractivity contribution in [2.45, 2.75) is 0 Å². The highest BCUT2D eigenvalue weighted by Gasteiger charge is 2.13. The van der Waals surface area contributed by atoms with E-state index in [1.807, 2.05) is 0 Å². The molecular formula is C22H14ClN3O4. The average molecular weight is 420 g/mol. The zero-order chi connectivity index (χ0) is 21.3. The van der Waals surface area contributed by atoms with Crippen LogP contribution in [0.15, 0.2) is 52.9 Å². The molecule has 2 aromatic heterocycles. The zero-order valence-electron chi connectivity index (χ0n) is 15.6. The number of halogens is 1. The minimum atomic E-state index is -1.10. The summed E-state index contributed by atoms with van der Waals surface area (Å²) in [5.74, 6) is 0.928. The minimum absolute atomic E-state index is 0.0142. The Hall–Kier alpha value is -4.02. The van der Waals surface area contributed by atoms with Gasteiger partial charge in [0.05, 0.1) is 34.3 Å². The van der Waals surface area contributed by atoms with Crippen molar-refractivity contribution >= 4 is 40.3 Å². The van der Waals surface area contributed by atoms with Crippen LogP contribution in [-0.2, 0) is 0 Å². The summed E-state index contributed by atoms with van der Waals surface area (Å²) >= 11 is 6.03. The molecule has 2 heterocycles. The number of carboxylic acid groups (broad SMARTS) is 1. The lowest BCUT2D eigenvalue weighted by molar-refractivity contribution is 0.0697. The number of hydrogen-bond donors (Lipinski definition) is 2. The Balaban J connectivity index is 1.66. The van der Waals surface area contributed by atoms with Crippen molar-refractivity contribution in [2.75, 3.05) is 7.11 Å². The van der Waals surface area contributed by atoms with Crippen molar-refractivity contribution in [1.82, 2.24) is 9.97 Å². The fraction of sp³-hybridized carbons (Fsp3) is 0.0455. The van der Waals surface area contributed by atoms with E-state index in [1.165, 1.54) is 12.1 Å². The molecule has 30 heavy (non-hydrogen) atoms. The Morgan fingerprint density at radius 1 is 1.27 bits per heavy atom. The molecule has 0 bridgehead atoms. The maximum Gasteiger partial charge on any atom is 0.337 e. The lowest BCUT2D eigenvalue weighted by Gasteiger charge is -2.01. The van der Waals surface area contributed by atoms with E-state index in [0.717, 1.165) is 5.52 Å². The summed E-state index contributed by atoms with van der Waals surface area (Å²) in [5, 5.41) is 18.8. The quantitative estimate of drug-likeness (QED) is 0.427. The molecule has 4 aromatic rings. The van der Waals surface area contributed by atoms with Crippen LogP contribution in [0.1, 0.15) is 21.9 Å². The Morgan fingerprint density at radius 3 is 2.80 bits per heavy atom. The van der Waals surface area contributed by atoms with E-state index in [9.17, 15) is 10.1 Å². The highest BCUT2D eigenvalue weighted by molar-refractivity contribution is 6.33. The third-order valence-electron chi connectivity index (χ3n) is 4.46. The number of benzene rings is 2. The second kappa shape index (κ2) is 7.78. The van der Waals surface area contributed by atoms with Crippen molar-refractivity contribution in [2.24, 2.45) is 0 Å². The number of furan rings is 1. The van der Waals surface area contributed by atoms with Gasteiger partial charge in [0.2, 0.25) is 0 Å². The van der Waals surface area contributed by atoms with Crippen molar-refractivity contribution in [3.05, 3.63) is 70.7 Å². The van der Waals surface area contributed by atoms with Gasteiger partial charge in [-0.2, -0.15) is 5.26 Å². The van der Waals surface area contributed by atoms with Crippen LogP contribution in [0, 0.1) is 11.3 Å². The molecular weight excluding hydrogens is 406 g/mol. The van der Waals surface area contributed by atoms with Crippen LogP contribution in [0.3, 0.4) is 0 Å². The predicted octanol–water partition coefficient (Wildman–Crippen LogP) is 5.25. The van der Waals surface area contributed by atoms with Gasteiger partial charge in [0.1, 0.15) is 29.2 Å². The van der Waals surface area contributed by atoms with Crippen LogP contribution >= 0.6 is 11.6 Å². The predicted molar refractivity (Wildman–Crippen MR) is 112 cm³/mol. The number of aromatic amines is 1. The van der Waals surface area contributed by atoms with Crippen molar-refractivity contribution in [3.63, 3.8) is 0 Å². The van der Waals surface area contributed by atoms with Gasteiger partial charge in [0, 0.05) is 17.7 Å². The molecule has 0 atom stereocenters. The number of nitrogens with one attached hydrogen (secondary N) is 1. The van der Waals surface area contributed by atoms with Gasteiger partial charge in [0.15, 0.2) is 0 Å². The number of nitrogens with zero attached hydrogens (tertiary/aromatic N) is 2. The third-order valence-corrected chi connectivity index (χ3v) is 4.77. The van der Waals surface area contributed by atoms with Crippen LogP contribution < -0.4 is 4.74 Å². The number of imidazole rings is 1. The summed E-state index contributed by atoms with van der Waals surface area (Å²) in [6.45, 7) is 0. The SMILES string of the molecule is COc1ccc2nc(/C(C#N)=C/c3ccc(-c4ccc(C(=O)O)c(Cl)c4)o3)[nH]c2c1. The second-order valence-electron chi connectivity index (χ2n) is 6.34. The van der Waals surface area contributed by atoms with Gasteiger partial charge in [-0.15, -0.1) is 0 Å². The van der Waals surface area contributed by atoms with E-state index in [4.69, 9.17) is 25.9 Å². The summed E-state index contributed by atoms with van der Waals surface area (Å²) in [7, 11) is 1.58. The van der Waals surface area contributed by atoms with E-state index in [2.05, 4.69) is 16.0 Å². The number of nitriles is 1. The first kappa shape index (κ1) is 19.3. The van der Waals surface area contributed by atoms with E-state index >= 15 is 0 Å². The number of H-pyrrole nitrogens is 1. The van der Waals surface area contributed by atoms with Crippen LogP contribution in [0.4, 0.5) is 0 Å². The smallest absolute Gasteiger partial charge is 0.337 e. The van der Waals surface area contributed by atoms with Gasteiger partial charge in [-0.05, 0) is 36.4 Å². The first-order valence-electron chi connectivity index (χ1n) is 8.77. The zero-order valence-corrected chi connectivity index (χ0v) is 16.4. The Kier molecular flexibility index (Phi) is 5.00. The highest BCUT2D eigenvalue weighted by atomic mass is 35.5. The molecule has 148 valence electrons. The largest absolute Gasteiger partial charge is 0.497 e. The number of carboxylic acids is 1. The number of ether oxygens (including phenoxy) is 1. The van der Waals surface area contributed by atoms with Gasteiger partial charge >= 0.3 is 5.97 Å². The summed E-state index contributed by atoms with van der Waals surface area (Å²) in [5.41, 5.74) is 2.39. The van der Waals surface area contributed by atoms with Gasteiger partial charge < -0.3 is 19.2 Å². The first-order chi connectivity index (χ1) is 14.5. The third kappa shape index (κ3) is 3.64. The molecule has 0 aliphatic rings. The molecule has 2 aromatic carbocycles. The molecule has 7 nitrogen and oxygen atoms in total. The Labute approximate surface area is 175 Å².